The topological polar surface area (TPSA) is 44.5 Å². The lowest BCUT2D eigenvalue weighted by Gasteiger charge is -2.12. The van der Waals surface area contributed by atoms with Crippen molar-refractivity contribution in [3.63, 3.8) is 0 Å². The number of ether oxygens (including phenoxy) is 2. The number of hydrogen-bond acceptors (Lipinski definition) is 3. The van der Waals surface area contributed by atoms with Gasteiger partial charge in [0, 0.05) is 17.3 Å². The minimum atomic E-state index is -0.617. The Balaban J connectivity index is 2.17. The summed E-state index contributed by atoms with van der Waals surface area (Å²) < 4.78 is 37.2. The standard InChI is InChI=1S/C15H15F2NO2/c1-2-19-14-6-4-12(18)7-10(14)9-20-15-8-11(16)3-5-13(15)17/h3-8H,2,9,18H2,1H3. The molecule has 0 atom stereocenters. The van der Waals surface area contributed by atoms with E-state index in [1.54, 1.807) is 18.2 Å². The monoisotopic (exact) mass is 279 g/mol. The van der Waals surface area contributed by atoms with E-state index < -0.39 is 11.6 Å². The van der Waals surface area contributed by atoms with Crippen molar-refractivity contribution in [3.8, 4) is 11.5 Å². The van der Waals surface area contributed by atoms with E-state index >= 15 is 0 Å². The summed E-state index contributed by atoms with van der Waals surface area (Å²) in [7, 11) is 0. The first-order valence-electron chi connectivity index (χ1n) is 6.19. The quantitative estimate of drug-likeness (QED) is 0.852. The zero-order valence-corrected chi connectivity index (χ0v) is 11.0. The lowest BCUT2D eigenvalue weighted by molar-refractivity contribution is 0.274. The molecule has 2 aromatic rings. The van der Waals surface area contributed by atoms with Crippen molar-refractivity contribution in [2.45, 2.75) is 13.5 Å². The van der Waals surface area contributed by atoms with Crippen LogP contribution < -0.4 is 15.2 Å². The molecule has 0 aliphatic carbocycles. The molecule has 3 nitrogen and oxygen atoms in total. The molecular weight excluding hydrogens is 264 g/mol. The SMILES string of the molecule is CCOc1ccc(N)cc1COc1cc(F)ccc1F. The molecule has 0 amide bonds. The number of anilines is 1. The van der Waals surface area contributed by atoms with Gasteiger partial charge in [-0.25, -0.2) is 8.78 Å². The maximum atomic E-state index is 13.5. The number of benzene rings is 2. The highest BCUT2D eigenvalue weighted by molar-refractivity contribution is 5.47. The van der Waals surface area contributed by atoms with Gasteiger partial charge >= 0.3 is 0 Å². The van der Waals surface area contributed by atoms with E-state index in [0.717, 1.165) is 18.2 Å². The molecule has 0 spiro atoms. The van der Waals surface area contributed by atoms with Gasteiger partial charge in [-0.15, -0.1) is 0 Å². The van der Waals surface area contributed by atoms with Crippen LogP contribution in [0, 0.1) is 11.6 Å². The van der Waals surface area contributed by atoms with Gasteiger partial charge in [0.15, 0.2) is 11.6 Å². The fourth-order valence-corrected chi connectivity index (χ4v) is 1.75. The van der Waals surface area contributed by atoms with Crippen LogP contribution in [0.4, 0.5) is 14.5 Å². The largest absolute Gasteiger partial charge is 0.493 e. The second-order valence-electron chi connectivity index (χ2n) is 4.16. The summed E-state index contributed by atoms with van der Waals surface area (Å²) >= 11 is 0. The van der Waals surface area contributed by atoms with Gasteiger partial charge in [0.05, 0.1) is 6.61 Å². The van der Waals surface area contributed by atoms with Crippen LogP contribution in [-0.4, -0.2) is 6.61 Å². The molecule has 2 aromatic carbocycles. The predicted molar refractivity (Wildman–Crippen MR) is 72.7 cm³/mol. The first kappa shape index (κ1) is 14.1. The van der Waals surface area contributed by atoms with Gasteiger partial charge in [-0.05, 0) is 37.3 Å². The van der Waals surface area contributed by atoms with Crippen molar-refractivity contribution in [1.82, 2.24) is 0 Å². The molecule has 0 radical (unpaired) electrons. The Hall–Kier alpha value is -2.30. The summed E-state index contributed by atoms with van der Waals surface area (Å²) in [5.41, 5.74) is 6.93. The van der Waals surface area contributed by atoms with Crippen molar-refractivity contribution in [2.75, 3.05) is 12.3 Å². The van der Waals surface area contributed by atoms with E-state index in [-0.39, 0.29) is 12.4 Å². The Kier molecular flexibility index (Phi) is 4.40. The van der Waals surface area contributed by atoms with Gasteiger partial charge in [-0.1, -0.05) is 0 Å². The van der Waals surface area contributed by atoms with Gasteiger partial charge in [-0.3, -0.25) is 0 Å². The van der Waals surface area contributed by atoms with Crippen molar-refractivity contribution in [1.29, 1.82) is 0 Å². The third kappa shape index (κ3) is 3.38. The normalized spacial score (nSPS) is 10.3. The number of halogens is 2. The molecule has 0 unspecified atom stereocenters. The Morgan fingerprint density at radius 2 is 1.80 bits per heavy atom. The molecule has 106 valence electrons. The molecule has 0 aromatic heterocycles. The molecule has 2 rings (SSSR count). The lowest BCUT2D eigenvalue weighted by atomic mass is 10.2. The van der Waals surface area contributed by atoms with Crippen LogP contribution in [0.25, 0.3) is 0 Å². The number of nitrogen functional groups attached to an aromatic ring is 1. The Morgan fingerprint density at radius 3 is 2.55 bits per heavy atom. The molecule has 0 saturated carbocycles. The summed E-state index contributed by atoms with van der Waals surface area (Å²) in [6.45, 7) is 2.39. The Morgan fingerprint density at radius 1 is 1.00 bits per heavy atom. The van der Waals surface area contributed by atoms with Gasteiger partial charge in [0.1, 0.15) is 18.2 Å². The van der Waals surface area contributed by atoms with Crippen molar-refractivity contribution >= 4 is 5.69 Å². The molecule has 0 fully saturated rings. The number of nitrogens with two attached hydrogens (primary N) is 1. The number of rotatable bonds is 5. The van der Waals surface area contributed by atoms with Crippen LogP contribution in [0.1, 0.15) is 12.5 Å². The van der Waals surface area contributed by atoms with Crippen LogP contribution in [0.15, 0.2) is 36.4 Å². The molecule has 2 N–H and O–H groups in total. The molecule has 0 aliphatic rings. The average Bonchev–Trinajstić information content (AvgIpc) is 2.42. The minimum Gasteiger partial charge on any atom is -0.493 e. The summed E-state index contributed by atoms with van der Waals surface area (Å²) in [5, 5.41) is 0. The highest BCUT2D eigenvalue weighted by Crippen LogP contribution is 2.25. The van der Waals surface area contributed by atoms with Crippen LogP contribution in [-0.2, 0) is 6.61 Å². The van der Waals surface area contributed by atoms with Crippen LogP contribution >= 0.6 is 0 Å². The maximum Gasteiger partial charge on any atom is 0.165 e. The molecule has 20 heavy (non-hydrogen) atoms. The van der Waals surface area contributed by atoms with E-state index in [9.17, 15) is 8.78 Å². The highest BCUT2D eigenvalue weighted by atomic mass is 19.1. The number of hydrogen-bond donors (Lipinski definition) is 1. The predicted octanol–water partition coefficient (Wildman–Crippen LogP) is 3.52. The van der Waals surface area contributed by atoms with Crippen molar-refractivity contribution in [3.05, 3.63) is 53.6 Å². The Labute approximate surface area is 115 Å². The smallest absolute Gasteiger partial charge is 0.165 e. The second kappa shape index (κ2) is 6.23. The van der Waals surface area contributed by atoms with Crippen molar-refractivity contribution in [2.24, 2.45) is 0 Å². The molecule has 0 heterocycles. The fourth-order valence-electron chi connectivity index (χ4n) is 1.75. The second-order valence-corrected chi connectivity index (χ2v) is 4.16. The van der Waals surface area contributed by atoms with Gasteiger partial charge < -0.3 is 15.2 Å². The van der Waals surface area contributed by atoms with Crippen LogP contribution in [0.2, 0.25) is 0 Å². The van der Waals surface area contributed by atoms with E-state index in [4.69, 9.17) is 15.2 Å². The van der Waals surface area contributed by atoms with Crippen LogP contribution in [0.5, 0.6) is 11.5 Å². The molecular formula is C15H15F2NO2. The van der Waals surface area contributed by atoms with Crippen molar-refractivity contribution < 1.29 is 18.3 Å². The third-order valence-corrected chi connectivity index (χ3v) is 2.66. The minimum absolute atomic E-state index is 0.0424. The van der Waals surface area contributed by atoms with Crippen LogP contribution in [0.3, 0.4) is 0 Å². The summed E-state index contributed by atoms with van der Waals surface area (Å²) in [6, 6.07) is 8.17. The summed E-state index contributed by atoms with van der Waals surface area (Å²) in [6.07, 6.45) is 0. The molecule has 0 aliphatic heterocycles. The molecule has 0 bridgehead atoms. The molecule has 0 saturated heterocycles. The Bertz CT molecular complexity index is 602. The van der Waals surface area contributed by atoms with E-state index in [1.165, 1.54) is 0 Å². The summed E-state index contributed by atoms with van der Waals surface area (Å²) in [4.78, 5) is 0. The summed E-state index contributed by atoms with van der Waals surface area (Å²) in [5.74, 6) is -0.708. The van der Waals surface area contributed by atoms with E-state index in [1.807, 2.05) is 6.92 Å². The highest BCUT2D eigenvalue weighted by Gasteiger charge is 2.09. The zero-order valence-electron chi connectivity index (χ0n) is 11.0. The van der Waals surface area contributed by atoms with Gasteiger partial charge in [0.25, 0.3) is 0 Å². The van der Waals surface area contributed by atoms with E-state index in [2.05, 4.69) is 0 Å². The van der Waals surface area contributed by atoms with Gasteiger partial charge in [-0.2, -0.15) is 0 Å². The first-order chi connectivity index (χ1) is 9.60. The average molecular weight is 279 g/mol. The lowest BCUT2D eigenvalue weighted by Crippen LogP contribution is -2.03. The van der Waals surface area contributed by atoms with E-state index in [0.29, 0.717) is 23.6 Å². The zero-order chi connectivity index (χ0) is 14.5. The first-order valence-corrected chi connectivity index (χ1v) is 6.19. The molecule has 5 heteroatoms. The van der Waals surface area contributed by atoms with Gasteiger partial charge in [0.2, 0.25) is 0 Å². The third-order valence-electron chi connectivity index (χ3n) is 2.66. The maximum absolute atomic E-state index is 13.5. The fraction of sp³-hybridized carbons (Fsp3) is 0.200.